The quantitative estimate of drug-likeness (QED) is 0.317. The average molecular weight is 516 g/mol. The lowest BCUT2D eigenvalue weighted by Gasteiger charge is -2.48. The van der Waals surface area contributed by atoms with Crippen LogP contribution >= 0.6 is 24.0 Å². The minimum absolute atomic E-state index is 0. The molecule has 1 aliphatic carbocycles. The molecule has 7 nitrogen and oxygen atoms in total. The minimum atomic E-state index is -3.14. The Morgan fingerprint density at radius 3 is 2.26 bits per heavy atom. The van der Waals surface area contributed by atoms with Gasteiger partial charge in [0.15, 0.2) is 15.8 Å². The Morgan fingerprint density at radius 2 is 1.74 bits per heavy atom. The zero-order chi connectivity index (χ0) is 19.3. The van der Waals surface area contributed by atoms with Gasteiger partial charge in [-0.3, -0.25) is 9.89 Å². The Morgan fingerprint density at radius 1 is 1.15 bits per heavy atom. The number of sulfone groups is 1. The zero-order valence-electron chi connectivity index (χ0n) is 17.2. The van der Waals surface area contributed by atoms with Crippen LogP contribution in [0.15, 0.2) is 4.99 Å². The molecule has 9 heteroatoms. The summed E-state index contributed by atoms with van der Waals surface area (Å²) in [5.41, 5.74) is 0.145. The monoisotopic (exact) mass is 516 g/mol. The number of nitrogens with one attached hydrogen (secondary N) is 2. The van der Waals surface area contributed by atoms with E-state index in [1.807, 2.05) is 0 Å². The molecular formula is C18H37IN4O3S. The van der Waals surface area contributed by atoms with Gasteiger partial charge in [0.05, 0.1) is 18.0 Å². The maximum absolute atomic E-state index is 11.9. The highest BCUT2D eigenvalue weighted by Gasteiger charge is 2.38. The van der Waals surface area contributed by atoms with Crippen molar-refractivity contribution in [1.29, 1.82) is 0 Å². The highest BCUT2D eigenvalue weighted by atomic mass is 127. The highest BCUT2D eigenvalue weighted by molar-refractivity contribution is 14.0. The summed E-state index contributed by atoms with van der Waals surface area (Å²) >= 11 is 0. The number of aliphatic imine (C=N–C) groups is 1. The summed E-state index contributed by atoms with van der Waals surface area (Å²) in [7, 11) is -1.41. The second-order valence-electron chi connectivity index (χ2n) is 8.20. The number of rotatable bonds is 6. The molecule has 0 radical (unpaired) electrons. The summed E-state index contributed by atoms with van der Waals surface area (Å²) in [4.78, 5) is 6.87. The van der Waals surface area contributed by atoms with Gasteiger partial charge in [-0.1, -0.05) is 19.3 Å². The highest BCUT2D eigenvalue weighted by Crippen LogP contribution is 2.33. The van der Waals surface area contributed by atoms with Crippen LogP contribution in [0, 0.1) is 0 Å². The van der Waals surface area contributed by atoms with Crippen molar-refractivity contribution in [3.8, 4) is 0 Å². The van der Waals surface area contributed by atoms with Gasteiger partial charge in [0, 0.05) is 45.0 Å². The minimum Gasteiger partial charge on any atom is -0.379 e. The molecule has 1 heterocycles. The van der Waals surface area contributed by atoms with Crippen molar-refractivity contribution in [3.63, 3.8) is 0 Å². The van der Waals surface area contributed by atoms with Crippen LogP contribution in [0.5, 0.6) is 0 Å². The molecule has 0 spiro atoms. The molecule has 0 unspecified atom stereocenters. The normalized spacial score (nSPS) is 22.0. The van der Waals surface area contributed by atoms with Gasteiger partial charge in [-0.15, -0.1) is 24.0 Å². The van der Waals surface area contributed by atoms with Crippen molar-refractivity contribution in [2.24, 2.45) is 4.99 Å². The maximum atomic E-state index is 11.9. The van der Waals surface area contributed by atoms with E-state index in [2.05, 4.69) is 20.5 Å². The Labute approximate surface area is 182 Å². The Balaban J connectivity index is 0.00000364. The van der Waals surface area contributed by atoms with Crippen LogP contribution in [0.1, 0.15) is 46.0 Å². The number of hydrogen-bond acceptors (Lipinski definition) is 5. The third kappa shape index (κ3) is 6.71. The van der Waals surface area contributed by atoms with Gasteiger partial charge in [-0.05, 0) is 26.7 Å². The molecule has 160 valence electrons. The summed E-state index contributed by atoms with van der Waals surface area (Å²) in [6.07, 6.45) is 7.47. The average Bonchev–Trinajstić information content (AvgIpc) is 2.62. The summed E-state index contributed by atoms with van der Waals surface area (Å²) < 4.78 is 28.5. The fourth-order valence-electron chi connectivity index (χ4n) is 3.75. The molecule has 0 aromatic heterocycles. The van der Waals surface area contributed by atoms with Crippen LogP contribution < -0.4 is 10.6 Å². The smallest absolute Gasteiger partial charge is 0.191 e. The van der Waals surface area contributed by atoms with Crippen LogP contribution in [-0.4, -0.2) is 82.3 Å². The van der Waals surface area contributed by atoms with E-state index < -0.39 is 14.6 Å². The van der Waals surface area contributed by atoms with E-state index >= 15 is 0 Å². The zero-order valence-corrected chi connectivity index (χ0v) is 20.4. The summed E-state index contributed by atoms with van der Waals surface area (Å²) in [5.74, 6) is 0.667. The third-order valence-corrected chi connectivity index (χ3v) is 8.11. The molecule has 0 atom stereocenters. The van der Waals surface area contributed by atoms with Gasteiger partial charge in [-0.2, -0.15) is 0 Å². The first-order valence-corrected chi connectivity index (χ1v) is 11.6. The van der Waals surface area contributed by atoms with Gasteiger partial charge in [0.2, 0.25) is 0 Å². The largest absolute Gasteiger partial charge is 0.379 e. The van der Waals surface area contributed by atoms with E-state index in [-0.39, 0.29) is 29.5 Å². The molecule has 2 fully saturated rings. The molecule has 2 rings (SSSR count). The Kier molecular flexibility index (Phi) is 9.77. The summed E-state index contributed by atoms with van der Waals surface area (Å²) in [6.45, 7) is 8.19. The van der Waals surface area contributed by atoms with Crippen LogP contribution in [-0.2, 0) is 14.6 Å². The summed E-state index contributed by atoms with van der Waals surface area (Å²) in [5, 5.41) is 6.66. The number of ether oxygens (including phenoxy) is 1. The van der Waals surface area contributed by atoms with E-state index in [9.17, 15) is 8.42 Å². The first-order chi connectivity index (χ1) is 12.2. The van der Waals surface area contributed by atoms with Gasteiger partial charge >= 0.3 is 0 Å². The molecule has 2 N–H and O–H groups in total. The third-order valence-electron chi connectivity index (χ3n) is 5.96. The molecule has 0 bridgehead atoms. The van der Waals surface area contributed by atoms with Crippen molar-refractivity contribution in [2.75, 3.05) is 52.7 Å². The maximum Gasteiger partial charge on any atom is 0.191 e. The van der Waals surface area contributed by atoms with Crippen molar-refractivity contribution in [1.82, 2.24) is 15.5 Å². The number of halogens is 1. The van der Waals surface area contributed by atoms with Crippen LogP contribution in [0.25, 0.3) is 0 Å². The number of hydrogen-bond donors (Lipinski definition) is 2. The lowest BCUT2D eigenvalue weighted by Crippen LogP contribution is -2.61. The fourth-order valence-corrected chi connectivity index (χ4v) is 4.08. The Hall–Kier alpha value is -0.130. The standard InChI is InChI=1S/C18H36N4O3S.HI/c1-17(2,26(4,23)24)14-20-16(19-3)21-15-18(8-6-5-7-9-18)22-10-12-25-13-11-22;/h5-15H2,1-4H3,(H2,19,20,21);1H. The molecule has 0 amide bonds. The van der Waals surface area contributed by atoms with Crippen molar-refractivity contribution >= 4 is 39.8 Å². The van der Waals surface area contributed by atoms with Crippen molar-refractivity contribution < 1.29 is 13.2 Å². The van der Waals surface area contributed by atoms with E-state index in [1.54, 1.807) is 20.9 Å². The van der Waals surface area contributed by atoms with Gasteiger partial charge < -0.3 is 15.4 Å². The molecule has 0 aromatic rings. The molecular weight excluding hydrogens is 479 g/mol. The molecule has 1 saturated heterocycles. The SMILES string of the molecule is CN=C(NCC1(N2CCOCC2)CCCCC1)NCC(C)(C)S(C)(=O)=O.I. The number of nitrogens with zero attached hydrogens (tertiary/aromatic N) is 2. The molecule has 0 aromatic carbocycles. The van der Waals surface area contributed by atoms with E-state index in [0.29, 0.717) is 12.5 Å². The lowest BCUT2D eigenvalue weighted by molar-refractivity contribution is -0.0352. The van der Waals surface area contributed by atoms with Crippen LogP contribution in [0.3, 0.4) is 0 Å². The fraction of sp³-hybridized carbons (Fsp3) is 0.944. The van der Waals surface area contributed by atoms with Crippen LogP contribution in [0.2, 0.25) is 0 Å². The predicted octanol–water partition coefficient (Wildman–Crippen LogP) is 1.63. The van der Waals surface area contributed by atoms with Crippen LogP contribution in [0.4, 0.5) is 0 Å². The van der Waals surface area contributed by atoms with E-state index in [1.165, 1.54) is 38.4 Å². The second-order valence-corrected chi connectivity index (χ2v) is 10.8. The number of morpholine rings is 1. The molecule has 1 saturated carbocycles. The lowest BCUT2D eigenvalue weighted by atomic mass is 9.80. The Bertz CT molecular complexity index is 583. The topological polar surface area (TPSA) is 83.0 Å². The summed E-state index contributed by atoms with van der Waals surface area (Å²) in [6, 6.07) is 0. The predicted molar refractivity (Wildman–Crippen MR) is 122 cm³/mol. The molecule has 1 aliphatic heterocycles. The molecule has 2 aliphatic rings. The van der Waals surface area contributed by atoms with Gasteiger partial charge in [-0.25, -0.2) is 8.42 Å². The first kappa shape index (κ1) is 24.9. The van der Waals surface area contributed by atoms with Crippen molar-refractivity contribution in [3.05, 3.63) is 0 Å². The van der Waals surface area contributed by atoms with E-state index in [4.69, 9.17) is 4.74 Å². The number of guanidine groups is 1. The van der Waals surface area contributed by atoms with Crippen molar-refractivity contribution in [2.45, 2.75) is 56.2 Å². The van der Waals surface area contributed by atoms with Gasteiger partial charge in [0.25, 0.3) is 0 Å². The molecule has 27 heavy (non-hydrogen) atoms. The van der Waals surface area contributed by atoms with E-state index in [0.717, 1.165) is 32.8 Å². The first-order valence-electron chi connectivity index (χ1n) is 9.67. The second kappa shape index (κ2) is 10.6. The van der Waals surface area contributed by atoms with Gasteiger partial charge in [0.1, 0.15) is 0 Å².